The van der Waals surface area contributed by atoms with Gasteiger partial charge in [-0.3, -0.25) is 0 Å². The van der Waals surface area contributed by atoms with Gasteiger partial charge in [0.1, 0.15) is 16.8 Å². The summed E-state index contributed by atoms with van der Waals surface area (Å²) in [5.41, 5.74) is 0.657. The molecule has 0 unspecified atom stereocenters. The first-order valence-corrected chi connectivity index (χ1v) is 7.76. The predicted octanol–water partition coefficient (Wildman–Crippen LogP) is 6.07. The summed E-state index contributed by atoms with van der Waals surface area (Å²) in [6.07, 6.45) is 0. The van der Waals surface area contributed by atoms with E-state index >= 15 is 0 Å². The van der Waals surface area contributed by atoms with Gasteiger partial charge in [0.2, 0.25) is 0 Å². The van der Waals surface area contributed by atoms with Gasteiger partial charge in [0.25, 0.3) is 0 Å². The lowest BCUT2D eigenvalue weighted by Crippen LogP contribution is -2.02. The molecule has 0 amide bonds. The van der Waals surface area contributed by atoms with E-state index in [1.807, 2.05) is 26.0 Å². The van der Waals surface area contributed by atoms with E-state index in [0.29, 0.717) is 32.5 Å². The van der Waals surface area contributed by atoms with Gasteiger partial charge in [0.15, 0.2) is 0 Å². The van der Waals surface area contributed by atoms with Gasteiger partial charge < -0.3 is 5.32 Å². The van der Waals surface area contributed by atoms with Crippen LogP contribution >= 0.6 is 50.7 Å². The molecular weight excluding hydrogens is 384 g/mol. The Hall–Kier alpha value is -0.550. The van der Waals surface area contributed by atoms with Crippen molar-refractivity contribution in [3.05, 3.63) is 43.7 Å². The fourth-order valence-electron chi connectivity index (χ4n) is 1.52. The summed E-state index contributed by atoms with van der Waals surface area (Å²) >= 11 is 21.6. The van der Waals surface area contributed by atoms with Crippen LogP contribution in [0.4, 0.5) is 11.5 Å². The maximum Gasteiger partial charge on any atom is 0.135 e. The number of nitrogens with one attached hydrogen (secondary N) is 1. The summed E-state index contributed by atoms with van der Waals surface area (Å²) in [4.78, 5) is 8.58. The van der Waals surface area contributed by atoms with Crippen LogP contribution in [0.5, 0.6) is 0 Å². The molecule has 0 saturated carbocycles. The fraction of sp³-hybridized carbons (Fsp3) is 0.231. The van der Waals surface area contributed by atoms with Crippen LogP contribution in [0.1, 0.15) is 25.6 Å². The second-order valence-electron chi connectivity index (χ2n) is 4.44. The number of hydrogen-bond donors (Lipinski definition) is 1. The Balaban J connectivity index is 2.37. The lowest BCUT2D eigenvalue weighted by atomic mass is 10.2. The minimum absolute atomic E-state index is 0.179. The summed E-state index contributed by atoms with van der Waals surface area (Å²) in [6, 6.07) is 5.26. The van der Waals surface area contributed by atoms with E-state index in [4.69, 9.17) is 34.8 Å². The third kappa shape index (κ3) is 3.55. The molecule has 0 spiro atoms. The monoisotopic (exact) mass is 393 g/mol. The molecule has 20 heavy (non-hydrogen) atoms. The van der Waals surface area contributed by atoms with Gasteiger partial charge in [-0.25, -0.2) is 9.97 Å². The Morgan fingerprint density at radius 1 is 1.10 bits per heavy atom. The van der Waals surface area contributed by atoms with Crippen LogP contribution in [-0.2, 0) is 0 Å². The smallest absolute Gasteiger partial charge is 0.135 e. The van der Waals surface area contributed by atoms with Gasteiger partial charge in [-0.2, -0.15) is 0 Å². The SMILES string of the molecule is CC(C)c1nc(Cl)cc(Nc2ccc(Br)c(Cl)c2Cl)n1. The molecule has 0 fully saturated rings. The van der Waals surface area contributed by atoms with Crippen molar-refractivity contribution in [3.63, 3.8) is 0 Å². The molecule has 0 radical (unpaired) electrons. The van der Waals surface area contributed by atoms with E-state index in [1.165, 1.54) is 0 Å². The highest BCUT2D eigenvalue weighted by molar-refractivity contribution is 9.10. The largest absolute Gasteiger partial charge is 0.339 e. The predicted molar refractivity (Wildman–Crippen MR) is 88.6 cm³/mol. The van der Waals surface area contributed by atoms with Crippen LogP contribution in [0.2, 0.25) is 15.2 Å². The van der Waals surface area contributed by atoms with Crippen molar-refractivity contribution in [2.45, 2.75) is 19.8 Å². The Morgan fingerprint density at radius 3 is 2.45 bits per heavy atom. The van der Waals surface area contributed by atoms with E-state index < -0.39 is 0 Å². The van der Waals surface area contributed by atoms with E-state index in [2.05, 4.69) is 31.2 Å². The number of hydrogen-bond acceptors (Lipinski definition) is 3. The molecule has 106 valence electrons. The normalized spacial score (nSPS) is 10.9. The Kier molecular flexibility index (Phi) is 5.13. The molecule has 1 heterocycles. The Labute approximate surface area is 140 Å². The van der Waals surface area contributed by atoms with Gasteiger partial charge in [-0.15, -0.1) is 0 Å². The molecule has 2 rings (SSSR count). The maximum absolute atomic E-state index is 6.19. The number of anilines is 2. The molecule has 0 atom stereocenters. The Bertz CT molecular complexity index is 647. The average Bonchev–Trinajstić information content (AvgIpc) is 2.39. The molecule has 0 aliphatic rings. The van der Waals surface area contributed by atoms with Crippen LogP contribution in [0.25, 0.3) is 0 Å². The highest BCUT2D eigenvalue weighted by Gasteiger charge is 2.11. The number of nitrogens with zero attached hydrogens (tertiary/aromatic N) is 2. The first-order chi connectivity index (χ1) is 9.38. The third-order valence-electron chi connectivity index (χ3n) is 2.53. The summed E-state index contributed by atoms with van der Waals surface area (Å²) in [7, 11) is 0. The number of halogens is 4. The van der Waals surface area contributed by atoms with Crippen molar-refractivity contribution in [1.29, 1.82) is 0 Å². The lowest BCUT2D eigenvalue weighted by Gasteiger charge is -2.12. The van der Waals surface area contributed by atoms with Crippen LogP contribution in [-0.4, -0.2) is 9.97 Å². The van der Waals surface area contributed by atoms with Gasteiger partial charge in [0, 0.05) is 16.5 Å². The molecule has 0 aliphatic heterocycles. The maximum atomic E-state index is 6.19. The molecule has 0 saturated heterocycles. The van der Waals surface area contributed by atoms with Crippen LogP contribution in [0.3, 0.4) is 0 Å². The van der Waals surface area contributed by atoms with Gasteiger partial charge in [-0.1, -0.05) is 48.7 Å². The van der Waals surface area contributed by atoms with Crippen LogP contribution in [0.15, 0.2) is 22.7 Å². The number of rotatable bonds is 3. The minimum Gasteiger partial charge on any atom is -0.339 e. The van der Waals surface area contributed by atoms with Crippen LogP contribution in [0, 0.1) is 0 Å². The molecule has 1 N–H and O–H groups in total. The zero-order chi connectivity index (χ0) is 14.9. The molecule has 0 aliphatic carbocycles. The molecule has 3 nitrogen and oxygen atoms in total. The average molecular weight is 396 g/mol. The highest BCUT2D eigenvalue weighted by atomic mass is 79.9. The minimum atomic E-state index is 0.179. The van der Waals surface area contributed by atoms with Gasteiger partial charge in [-0.05, 0) is 28.1 Å². The molecule has 1 aromatic carbocycles. The van der Waals surface area contributed by atoms with Gasteiger partial charge in [0.05, 0.1) is 15.7 Å². The van der Waals surface area contributed by atoms with E-state index in [1.54, 1.807) is 6.07 Å². The second kappa shape index (κ2) is 6.48. The van der Waals surface area contributed by atoms with E-state index in [0.717, 1.165) is 4.47 Å². The zero-order valence-corrected chi connectivity index (χ0v) is 14.6. The first kappa shape index (κ1) is 15.8. The highest BCUT2D eigenvalue weighted by Crippen LogP contribution is 2.37. The summed E-state index contributed by atoms with van der Waals surface area (Å²) in [5, 5.41) is 4.35. The molecule has 0 bridgehead atoms. The van der Waals surface area contributed by atoms with E-state index in [-0.39, 0.29) is 5.92 Å². The van der Waals surface area contributed by atoms with Crippen molar-refractivity contribution in [2.24, 2.45) is 0 Å². The van der Waals surface area contributed by atoms with Gasteiger partial charge >= 0.3 is 0 Å². The van der Waals surface area contributed by atoms with E-state index in [9.17, 15) is 0 Å². The summed E-state index contributed by atoms with van der Waals surface area (Å²) in [5.74, 6) is 1.42. The fourth-order valence-corrected chi connectivity index (χ4v) is 2.53. The molecule has 7 heteroatoms. The van der Waals surface area contributed by atoms with Crippen molar-refractivity contribution in [2.75, 3.05) is 5.32 Å². The van der Waals surface area contributed by atoms with Crippen LogP contribution < -0.4 is 5.32 Å². The number of benzene rings is 1. The molecule has 2 aromatic rings. The standard InChI is InChI=1S/C13H11BrCl3N3/c1-6(2)13-19-9(15)5-10(20-13)18-8-4-3-7(14)11(16)12(8)17/h3-6H,1-2H3,(H,18,19,20). The lowest BCUT2D eigenvalue weighted by molar-refractivity contribution is 0.776. The molecule has 1 aromatic heterocycles. The summed E-state index contributed by atoms with van der Waals surface area (Å²) in [6.45, 7) is 4.00. The topological polar surface area (TPSA) is 37.8 Å². The first-order valence-electron chi connectivity index (χ1n) is 5.83. The quantitative estimate of drug-likeness (QED) is 0.506. The molecular formula is C13H11BrCl3N3. The third-order valence-corrected chi connectivity index (χ3v) is 4.49. The Morgan fingerprint density at radius 2 is 1.80 bits per heavy atom. The van der Waals surface area contributed by atoms with Crippen molar-refractivity contribution >= 4 is 62.2 Å². The number of aromatic nitrogens is 2. The summed E-state index contributed by atoms with van der Waals surface area (Å²) < 4.78 is 0.735. The van der Waals surface area contributed by atoms with Crippen molar-refractivity contribution in [1.82, 2.24) is 9.97 Å². The van der Waals surface area contributed by atoms with Crippen molar-refractivity contribution < 1.29 is 0 Å². The zero-order valence-electron chi connectivity index (χ0n) is 10.7. The second-order valence-corrected chi connectivity index (χ2v) is 6.43. The van der Waals surface area contributed by atoms with Crippen molar-refractivity contribution in [3.8, 4) is 0 Å².